The van der Waals surface area contributed by atoms with E-state index in [0.29, 0.717) is 16.9 Å². The van der Waals surface area contributed by atoms with Crippen LogP contribution in [-0.2, 0) is 10.4 Å². The van der Waals surface area contributed by atoms with Crippen molar-refractivity contribution in [3.8, 4) is 5.75 Å². The summed E-state index contributed by atoms with van der Waals surface area (Å²) < 4.78 is 4.94. The molecule has 2 N–H and O–H groups in total. The minimum Gasteiger partial charge on any atom is -0.427 e. The van der Waals surface area contributed by atoms with Gasteiger partial charge in [0, 0.05) is 6.92 Å². The third-order valence-corrected chi connectivity index (χ3v) is 3.07. The van der Waals surface area contributed by atoms with E-state index in [2.05, 4.69) is 0 Å². The van der Waals surface area contributed by atoms with Crippen LogP contribution in [-0.4, -0.2) is 22.8 Å². The van der Waals surface area contributed by atoms with Gasteiger partial charge < -0.3 is 14.9 Å². The molecule has 4 heteroatoms. The molecule has 1 unspecified atom stereocenters. The zero-order valence-electron chi connectivity index (χ0n) is 11.1. The topological polar surface area (TPSA) is 66.8 Å². The maximum Gasteiger partial charge on any atom is 0.308 e. The molecule has 20 heavy (non-hydrogen) atoms. The first-order valence-electron chi connectivity index (χ1n) is 6.24. The van der Waals surface area contributed by atoms with Crippen molar-refractivity contribution in [2.75, 3.05) is 6.61 Å². The molecule has 1 atom stereocenters. The molecule has 0 saturated carbocycles. The van der Waals surface area contributed by atoms with Crippen LogP contribution in [0.2, 0.25) is 0 Å². The highest BCUT2D eigenvalue weighted by Gasteiger charge is 2.30. The van der Waals surface area contributed by atoms with E-state index in [1.54, 1.807) is 48.5 Å². The number of carbonyl (C=O) groups excluding carboxylic acids is 1. The summed E-state index contributed by atoms with van der Waals surface area (Å²) in [6.45, 7) is 0.881. The summed E-state index contributed by atoms with van der Waals surface area (Å²) in [5.74, 6) is -0.00664. The Kier molecular flexibility index (Phi) is 4.17. The van der Waals surface area contributed by atoms with Crippen molar-refractivity contribution in [2.45, 2.75) is 12.5 Å². The Morgan fingerprint density at radius 2 is 1.60 bits per heavy atom. The summed E-state index contributed by atoms with van der Waals surface area (Å²) in [5.41, 5.74) is -0.347. The second-order valence-corrected chi connectivity index (χ2v) is 4.50. The number of esters is 1. The first kappa shape index (κ1) is 14.2. The van der Waals surface area contributed by atoms with Crippen molar-refractivity contribution >= 4 is 5.97 Å². The third-order valence-electron chi connectivity index (χ3n) is 3.07. The van der Waals surface area contributed by atoms with Crippen LogP contribution in [0.25, 0.3) is 0 Å². The van der Waals surface area contributed by atoms with Crippen molar-refractivity contribution in [3.63, 3.8) is 0 Å². The maximum absolute atomic E-state index is 10.9. The predicted octanol–water partition coefficient (Wildman–Crippen LogP) is 1.84. The van der Waals surface area contributed by atoms with E-state index in [1.807, 2.05) is 6.07 Å². The Balaban J connectivity index is 2.35. The minimum absolute atomic E-state index is 0.398. The van der Waals surface area contributed by atoms with Crippen LogP contribution in [0.1, 0.15) is 18.1 Å². The third kappa shape index (κ3) is 2.87. The Morgan fingerprint density at radius 1 is 1.05 bits per heavy atom. The Morgan fingerprint density at radius 3 is 2.10 bits per heavy atom. The van der Waals surface area contributed by atoms with Crippen molar-refractivity contribution in [2.24, 2.45) is 0 Å². The average molecular weight is 272 g/mol. The molecular weight excluding hydrogens is 256 g/mol. The van der Waals surface area contributed by atoms with Crippen LogP contribution in [0.15, 0.2) is 54.6 Å². The largest absolute Gasteiger partial charge is 0.427 e. The zero-order valence-corrected chi connectivity index (χ0v) is 11.1. The number of carbonyl (C=O) groups is 1. The molecule has 0 aliphatic heterocycles. The van der Waals surface area contributed by atoms with Gasteiger partial charge in [-0.1, -0.05) is 42.5 Å². The van der Waals surface area contributed by atoms with Crippen molar-refractivity contribution in [1.82, 2.24) is 0 Å². The molecule has 0 heterocycles. The lowest BCUT2D eigenvalue weighted by molar-refractivity contribution is -0.131. The zero-order chi connectivity index (χ0) is 14.6. The highest BCUT2D eigenvalue weighted by Crippen LogP contribution is 2.30. The summed E-state index contributed by atoms with van der Waals surface area (Å²) in [7, 11) is 0. The standard InChI is InChI=1S/C16H16O4/c1-12(18)20-15-9-7-14(8-10-15)16(19,11-17)13-5-3-2-4-6-13/h2-10,17,19H,11H2,1H3. The summed E-state index contributed by atoms with van der Waals surface area (Å²) >= 11 is 0. The van der Waals surface area contributed by atoms with Gasteiger partial charge in [-0.3, -0.25) is 4.79 Å². The van der Waals surface area contributed by atoms with Crippen LogP contribution >= 0.6 is 0 Å². The molecule has 0 amide bonds. The second-order valence-electron chi connectivity index (χ2n) is 4.50. The number of rotatable bonds is 4. The first-order valence-corrected chi connectivity index (χ1v) is 6.24. The van der Waals surface area contributed by atoms with Crippen LogP contribution in [0, 0.1) is 0 Å². The Hall–Kier alpha value is -2.17. The highest BCUT2D eigenvalue weighted by atomic mass is 16.5. The molecule has 2 aromatic carbocycles. The fraction of sp³-hybridized carbons (Fsp3) is 0.188. The molecular formula is C16H16O4. The van der Waals surface area contributed by atoms with E-state index in [1.165, 1.54) is 6.92 Å². The smallest absolute Gasteiger partial charge is 0.308 e. The quantitative estimate of drug-likeness (QED) is 0.658. The van der Waals surface area contributed by atoms with E-state index in [0.717, 1.165) is 0 Å². The molecule has 0 saturated heterocycles. The number of hydrogen-bond acceptors (Lipinski definition) is 4. The van der Waals surface area contributed by atoms with E-state index in [4.69, 9.17) is 4.74 Å². The summed E-state index contributed by atoms with van der Waals surface area (Å²) in [5, 5.41) is 20.2. The molecule has 0 spiro atoms. The average Bonchev–Trinajstić information content (AvgIpc) is 2.47. The number of aliphatic hydroxyl groups excluding tert-OH is 1. The second kappa shape index (κ2) is 5.86. The van der Waals surface area contributed by atoms with Gasteiger partial charge in [-0.2, -0.15) is 0 Å². The maximum atomic E-state index is 10.9. The Bertz CT molecular complexity index is 577. The number of hydrogen-bond donors (Lipinski definition) is 2. The summed E-state index contributed by atoms with van der Waals surface area (Å²) in [6.07, 6.45) is 0. The molecule has 0 aromatic heterocycles. The highest BCUT2D eigenvalue weighted by molar-refractivity contribution is 5.69. The Labute approximate surface area is 117 Å². The first-order chi connectivity index (χ1) is 9.56. The molecule has 0 aliphatic carbocycles. The van der Waals surface area contributed by atoms with Gasteiger partial charge in [-0.05, 0) is 23.3 Å². The van der Waals surface area contributed by atoms with Crippen molar-refractivity contribution < 1.29 is 19.7 Å². The van der Waals surface area contributed by atoms with Gasteiger partial charge in [0.05, 0.1) is 6.61 Å². The normalized spacial score (nSPS) is 13.6. The van der Waals surface area contributed by atoms with Crippen LogP contribution in [0.5, 0.6) is 5.75 Å². The van der Waals surface area contributed by atoms with Gasteiger partial charge in [0.25, 0.3) is 0 Å². The molecule has 104 valence electrons. The molecule has 0 fully saturated rings. The van der Waals surface area contributed by atoms with Crippen molar-refractivity contribution in [1.29, 1.82) is 0 Å². The molecule has 2 aromatic rings. The van der Waals surface area contributed by atoms with E-state index in [9.17, 15) is 15.0 Å². The lowest BCUT2D eigenvalue weighted by atomic mass is 9.87. The molecule has 0 radical (unpaired) electrons. The van der Waals surface area contributed by atoms with E-state index >= 15 is 0 Å². The van der Waals surface area contributed by atoms with Crippen LogP contribution in [0.3, 0.4) is 0 Å². The molecule has 0 aliphatic rings. The van der Waals surface area contributed by atoms with Gasteiger partial charge >= 0.3 is 5.97 Å². The summed E-state index contributed by atoms with van der Waals surface area (Å²) in [4.78, 5) is 10.9. The van der Waals surface area contributed by atoms with Crippen molar-refractivity contribution in [3.05, 3.63) is 65.7 Å². The number of ether oxygens (including phenoxy) is 1. The lowest BCUT2D eigenvalue weighted by Gasteiger charge is -2.27. The van der Waals surface area contributed by atoms with Gasteiger partial charge in [0.2, 0.25) is 0 Å². The van der Waals surface area contributed by atoms with E-state index < -0.39 is 18.2 Å². The van der Waals surface area contributed by atoms with Gasteiger partial charge in [0.1, 0.15) is 11.4 Å². The predicted molar refractivity (Wildman–Crippen MR) is 74.3 cm³/mol. The van der Waals surface area contributed by atoms with E-state index in [-0.39, 0.29) is 0 Å². The fourth-order valence-corrected chi connectivity index (χ4v) is 2.03. The molecule has 0 bridgehead atoms. The SMILES string of the molecule is CC(=O)Oc1ccc(C(O)(CO)c2ccccc2)cc1. The van der Waals surface area contributed by atoms with Gasteiger partial charge in [0.15, 0.2) is 0 Å². The number of aliphatic hydroxyl groups is 2. The monoisotopic (exact) mass is 272 g/mol. The molecule has 2 rings (SSSR count). The molecule has 4 nitrogen and oxygen atoms in total. The minimum atomic E-state index is -1.48. The lowest BCUT2D eigenvalue weighted by Crippen LogP contribution is -2.31. The number of benzene rings is 2. The summed E-state index contributed by atoms with van der Waals surface area (Å²) in [6, 6.07) is 15.3. The van der Waals surface area contributed by atoms with Crippen LogP contribution in [0.4, 0.5) is 0 Å². The van der Waals surface area contributed by atoms with Gasteiger partial charge in [-0.25, -0.2) is 0 Å². The van der Waals surface area contributed by atoms with Crippen LogP contribution < -0.4 is 4.74 Å². The fourth-order valence-electron chi connectivity index (χ4n) is 2.03. The van der Waals surface area contributed by atoms with Gasteiger partial charge in [-0.15, -0.1) is 0 Å².